The molecular weight excluding hydrogens is 268 g/mol. The summed E-state index contributed by atoms with van der Waals surface area (Å²) in [5, 5.41) is 12.9. The van der Waals surface area contributed by atoms with Crippen molar-refractivity contribution < 1.29 is 14.6 Å². The summed E-state index contributed by atoms with van der Waals surface area (Å²) in [4.78, 5) is 14.4. The highest BCUT2D eigenvalue weighted by atomic mass is 16.5. The summed E-state index contributed by atoms with van der Waals surface area (Å²) in [6.45, 7) is 11.6. The van der Waals surface area contributed by atoms with Crippen LogP contribution in [0.25, 0.3) is 0 Å². The van der Waals surface area contributed by atoms with Crippen LogP contribution in [0.1, 0.15) is 40.5 Å². The molecule has 1 heterocycles. The molecule has 0 aromatic heterocycles. The first-order valence-corrected chi connectivity index (χ1v) is 8.22. The minimum absolute atomic E-state index is 0.117. The molecule has 2 atom stereocenters. The number of carbonyl (C=O) groups excluding carboxylic acids is 1. The van der Waals surface area contributed by atoms with Crippen molar-refractivity contribution in [2.24, 2.45) is 11.8 Å². The molecule has 0 spiro atoms. The van der Waals surface area contributed by atoms with Crippen LogP contribution in [0.2, 0.25) is 0 Å². The summed E-state index contributed by atoms with van der Waals surface area (Å²) < 4.78 is 5.22. The summed E-state index contributed by atoms with van der Waals surface area (Å²) in [7, 11) is 0. The van der Waals surface area contributed by atoms with E-state index in [1.165, 1.54) is 0 Å². The fraction of sp³-hybridized carbons (Fsp3) is 0.938. The highest BCUT2D eigenvalue weighted by Crippen LogP contribution is 2.18. The van der Waals surface area contributed by atoms with Gasteiger partial charge in [0.15, 0.2) is 0 Å². The van der Waals surface area contributed by atoms with Crippen LogP contribution >= 0.6 is 0 Å². The number of amides is 1. The van der Waals surface area contributed by atoms with E-state index in [9.17, 15) is 9.90 Å². The van der Waals surface area contributed by atoms with Gasteiger partial charge in [0.2, 0.25) is 5.91 Å². The summed E-state index contributed by atoms with van der Waals surface area (Å²) in [5.74, 6) is 0.764. The van der Waals surface area contributed by atoms with Gasteiger partial charge in [0, 0.05) is 25.1 Å². The molecule has 0 aromatic rings. The van der Waals surface area contributed by atoms with Gasteiger partial charge in [-0.25, -0.2) is 0 Å². The van der Waals surface area contributed by atoms with Crippen molar-refractivity contribution in [3.05, 3.63) is 0 Å². The number of hydrogen-bond donors (Lipinski definition) is 2. The number of nitrogens with one attached hydrogen (secondary N) is 1. The lowest BCUT2D eigenvalue weighted by molar-refractivity contribution is -0.127. The van der Waals surface area contributed by atoms with Crippen LogP contribution in [0.4, 0.5) is 0 Å². The van der Waals surface area contributed by atoms with Crippen LogP contribution < -0.4 is 5.32 Å². The largest absolute Gasteiger partial charge is 0.389 e. The summed E-state index contributed by atoms with van der Waals surface area (Å²) >= 11 is 0. The van der Waals surface area contributed by atoms with Crippen molar-refractivity contribution in [1.82, 2.24) is 10.2 Å². The zero-order valence-corrected chi connectivity index (χ0v) is 14.0. The second-order valence-electron chi connectivity index (χ2n) is 6.43. The minimum atomic E-state index is -0.434. The fourth-order valence-electron chi connectivity index (χ4n) is 2.49. The molecule has 0 saturated carbocycles. The van der Waals surface area contributed by atoms with E-state index in [4.69, 9.17) is 4.74 Å². The van der Waals surface area contributed by atoms with Crippen molar-refractivity contribution in [2.75, 3.05) is 32.8 Å². The van der Waals surface area contributed by atoms with E-state index in [-0.39, 0.29) is 17.9 Å². The third-order valence-electron chi connectivity index (χ3n) is 4.31. The fourth-order valence-corrected chi connectivity index (χ4v) is 2.49. The van der Waals surface area contributed by atoms with Crippen molar-refractivity contribution >= 4 is 5.91 Å². The number of piperidine rings is 1. The Morgan fingerprint density at radius 2 is 1.95 bits per heavy atom. The Labute approximate surface area is 129 Å². The molecule has 124 valence electrons. The number of carbonyl (C=O) groups is 1. The Bertz CT molecular complexity index is 302. The molecule has 5 nitrogen and oxygen atoms in total. The van der Waals surface area contributed by atoms with Gasteiger partial charge in [-0.3, -0.25) is 4.79 Å². The SMILES string of the molecule is CCOC[C@@H](O)CN1CCC(C(=O)N[C@H](C)C(C)C)CC1. The molecule has 0 aliphatic carbocycles. The number of β-amino-alcohol motifs (C(OH)–C–C–N with tert-alkyl or cyclic N) is 1. The van der Waals surface area contributed by atoms with Gasteiger partial charge < -0.3 is 20.1 Å². The Morgan fingerprint density at radius 3 is 2.48 bits per heavy atom. The van der Waals surface area contributed by atoms with E-state index in [0.717, 1.165) is 25.9 Å². The number of nitrogens with zero attached hydrogens (tertiary/aromatic N) is 1. The van der Waals surface area contributed by atoms with E-state index >= 15 is 0 Å². The first-order valence-electron chi connectivity index (χ1n) is 8.22. The molecule has 1 fully saturated rings. The Hall–Kier alpha value is -0.650. The Kier molecular flexibility index (Phi) is 8.22. The molecule has 1 rings (SSSR count). The summed E-state index contributed by atoms with van der Waals surface area (Å²) in [6.07, 6.45) is 1.31. The number of rotatable bonds is 8. The average Bonchev–Trinajstić information content (AvgIpc) is 2.45. The smallest absolute Gasteiger partial charge is 0.223 e. The maximum Gasteiger partial charge on any atom is 0.223 e. The zero-order valence-electron chi connectivity index (χ0n) is 14.0. The number of ether oxygens (including phenoxy) is 1. The quantitative estimate of drug-likeness (QED) is 0.708. The maximum absolute atomic E-state index is 12.2. The van der Waals surface area contributed by atoms with Gasteiger partial charge in [0.1, 0.15) is 0 Å². The van der Waals surface area contributed by atoms with E-state index in [1.54, 1.807) is 0 Å². The highest BCUT2D eigenvalue weighted by molar-refractivity contribution is 5.79. The lowest BCUT2D eigenvalue weighted by atomic mass is 9.94. The molecule has 0 aromatic carbocycles. The van der Waals surface area contributed by atoms with E-state index in [1.807, 2.05) is 6.92 Å². The molecule has 0 unspecified atom stereocenters. The highest BCUT2D eigenvalue weighted by Gasteiger charge is 2.26. The van der Waals surface area contributed by atoms with Gasteiger partial charge in [0.05, 0.1) is 12.7 Å². The van der Waals surface area contributed by atoms with Crippen LogP contribution in [0.3, 0.4) is 0 Å². The van der Waals surface area contributed by atoms with Crippen molar-refractivity contribution in [1.29, 1.82) is 0 Å². The molecule has 5 heteroatoms. The predicted molar refractivity (Wildman–Crippen MR) is 84.1 cm³/mol. The molecule has 0 bridgehead atoms. The molecule has 1 saturated heterocycles. The normalized spacial score (nSPS) is 20.5. The molecular formula is C16H32N2O3. The van der Waals surface area contributed by atoms with Crippen molar-refractivity contribution in [3.63, 3.8) is 0 Å². The average molecular weight is 300 g/mol. The number of aliphatic hydroxyl groups excluding tert-OH is 1. The first kappa shape index (κ1) is 18.4. The summed E-state index contributed by atoms with van der Waals surface area (Å²) in [5.41, 5.74) is 0. The van der Waals surface area contributed by atoms with E-state index < -0.39 is 6.10 Å². The van der Waals surface area contributed by atoms with Gasteiger partial charge in [-0.2, -0.15) is 0 Å². The number of likely N-dealkylation sites (tertiary alicyclic amines) is 1. The monoisotopic (exact) mass is 300 g/mol. The Balaban J connectivity index is 2.26. The van der Waals surface area contributed by atoms with Crippen LogP contribution in [0.5, 0.6) is 0 Å². The lowest BCUT2D eigenvalue weighted by Crippen LogP contribution is -2.46. The molecule has 2 N–H and O–H groups in total. The molecule has 0 radical (unpaired) electrons. The van der Waals surface area contributed by atoms with Crippen molar-refractivity contribution in [2.45, 2.75) is 52.7 Å². The second kappa shape index (κ2) is 9.38. The van der Waals surface area contributed by atoms with Gasteiger partial charge in [0.25, 0.3) is 0 Å². The Morgan fingerprint density at radius 1 is 1.33 bits per heavy atom. The topological polar surface area (TPSA) is 61.8 Å². The van der Waals surface area contributed by atoms with Crippen LogP contribution in [0.15, 0.2) is 0 Å². The molecule has 21 heavy (non-hydrogen) atoms. The molecule has 1 aliphatic heterocycles. The van der Waals surface area contributed by atoms with E-state index in [0.29, 0.717) is 25.7 Å². The number of hydrogen-bond acceptors (Lipinski definition) is 4. The van der Waals surface area contributed by atoms with Crippen LogP contribution in [-0.4, -0.2) is 60.9 Å². The lowest BCUT2D eigenvalue weighted by Gasteiger charge is -2.33. The standard InChI is InChI=1S/C16H32N2O3/c1-5-21-11-15(19)10-18-8-6-14(7-9-18)16(20)17-13(4)12(2)3/h12-15,19H,5-11H2,1-4H3,(H,17,20)/t13-,15+/m1/s1. The first-order chi connectivity index (χ1) is 9.93. The summed E-state index contributed by atoms with van der Waals surface area (Å²) in [6, 6.07) is 0.226. The molecule has 1 amide bonds. The predicted octanol–water partition coefficient (Wildman–Crippen LogP) is 1.26. The van der Waals surface area contributed by atoms with E-state index in [2.05, 4.69) is 31.0 Å². The third-order valence-corrected chi connectivity index (χ3v) is 4.31. The van der Waals surface area contributed by atoms with Crippen LogP contribution in [-0.2, 0) is 9.53 Å². The van der Waals surface area contributed by atoms with Crippen LogP contribution in [0, 0.1) is 11.8 Å². The third kappa shape index (κ3) is 6.76. The van der Waals surface area contributed by atoms with Crippen molar-refractivity contribution in [3.8, 4) is 0 Å². The molecule has 1 aliphatic rings. The maximum atomic E-state index is 12.2. The van der Waals surface area contributed by atoms with Gasteiger partial charge in [-0.05, 0) is 45.7 Å². The van der Waals surface area contributed by atoms with Gasteiger partial charge in [-0.15, -0.1) is 0 Å². The zero-order chi connectivity index (χ0) is 15.8. The minimum Gasteiger partial charge on any atom is -0.389 e. The second-order valence-corrected chi connectivity index (χ2v) is 6.43. The van der Waals surface area contributed by atoms with Gasteiger partial charge >= 0.3 is 0 Å². The van der Waals surface area contributed by atoms with Gasteiger partial charge in [-0.1, -0.05) is 13.8 Å². The number of aliphatic hydroxyl groups is 1.